The number of amides is 1. The van der Waals surface area contributed by atoms with Gasteiger partial charge >= 0.3 is 0 Å². The van der Waals surface area contributed by atoms with Crippen LogP contribution in [0.15, 0.2) is 36.4 Å². The number of hydrogen-bond acceptors (Lipinski definition) is 2. The molecule has 0 spiro atoms. The molecule has 0 aliphatic carbocycles. The maximum atomic E-state index is 12.1. The lowest BCUT2D eigenvalue weighted by atomic mass is 10.1. The van der Waals surface area contributed by atoms with E-state index < -0.39 is 6.10 Å². The van der Waals surface area contributed by atoms with Crippen molar-refractivity contribution in [3.05, 3.63) is 63.1 Å². The van der Waals surface area contributed by atoms with Gasteiger partial charge in [-0.1, -0.05) is 35.3 Å². The summed E-state index contributed by atoms with van der Waals surface area (Å²) in [4.78, 5) is 12.1. The summed E-state index contributed by atoms with van der Waals surface area (Å²) in [6, 6.07) is 10.9. The predicted molar refractivity (Wildman–Crippen MR) is 94.3 cm³/mol. The highest BCUT2D eigenvalue weighted by Crippen LogP contribution is 2.21. The van der Waals surface area contributed by atoms with Crippen LogP contribution in [0.2, 0.25) is 10.0 Å². The van der Waals surface area contributed by atoms with E-state index in [1.54, 1.807) is 25.1 Å². The van der Waals surface area contributed by atoms with Crippen molar-refractivity contribution >= 4 is 29.1 Å². The number of halogens is 2. The van der Waals surface area contributed by atoms with Gasteiger partial charge in [-0.05, 0) is 61.7 Å². The first-order valence-electron chi connectivity index (χ1n) is 7.32. The van der Waals surface area contributed by atoms with Crippen molar-refractivity contribution in [3.8, 4) is 5.75 Å². The van der Waals surface area contributed by atoms with Crippen molar-refractivity contribution in [1.82, 2.24) is 5.32 Å². The smallest absolute Gasteiger partial charge is 0.261 e. The van der Waals surface area contributed by atoms with E-state index >= 15 is 0 Å². The van der Waals surface area contributed by atoms with Gasteiger partial charge < -0.3 is 10.1 Å². The Labute approximate surface area is 146 Å². The van der Waals surface area contributed by atoms with Gasteiger partial charge in [0.2, 0.25) is 0 Å². The third-order valence-electron chi connectivity index (χ3n) is 3.63. The summed E-state index contributed by atoms with van der Waals surface area (Å²) >= 11 is 11.9. The molecule has 2 rings (SSSR count). The standard InChI is InChI=1S/C18H19Cl2NO2/c1-11-4-7-16(8-12(11)2)23-13(3)18(22)21-10-14-5-6-15(19)9-17(14)20/h4-9,13H,10H2,1-3H3,(H,21,22)/t13-/m0/s1. The summed E-state index contributed by atoms with van der Waals surface area (Å²) in [7, 11) is 0. The van der Waals surface area contributed by atoms with Crippen molar-refractivity contribution in [3.63, 3.8) is 0 Å². The highest BCUT2D eigenvalue weighted by molar-refractivity contribution is 6.35. The second kappa shape index (κ2) is 7.71. The van der Waals surface area contributed by atoms with Gasteiger partial charge in [0.25, 0.3) is 5.91 Å². The Balaban J connectivity index is 1.93. The van der Waals surface area contributed by atoms with Crippen molar-refractivity contribution in [1.29, 1.82) is 0 Å². The summed E-state index contributed by atoms with van der Waals surface area (Å²) < 4.78 is 5.68. The average Bonchev–Trinajstić information content (AvgIpc) is 2.49. The summed E-state index contributed by atoms with van der Waals surface area (Å²) in [5.41, 5.74) is 3.12. The molecule has 5 heteroatoms. The van der Waals surface area contributed by atoms with Gasteiger partial charge in [0.15, 0.2) is 6.10 Å². The van der Waals surface area contributed by atoms with Gasteiger partial charge in [0, 0.05) is 16.6 Å². The molecule has 3 nitrogen and oxygen atoms in total. The van der Waals surface area contributed by atoms with Gasteiger partial charge in [0.05, 0.1) is 0 Å². The normalized spacial score (nSPS) is 11.9. The van der Waals surface area contributed by atoms with E-state index in [1.807, 2.05) is 32.0 Å². The fourth-order valence-electron chi connectivity index (χ4n) is 2.04. The Hall–Kier alpha value is -1.71. The molecule has 0 saturated carbocycles. The Bertz CT molecular complexity index is 716. The van der Waals surface area contributed by atoms with Gasteiger partial charge in [0.1, 0.15) is 5.75 Å². The highest BCUT2D eigenvalue weighted by Gasteiger charge is 2.15. The molecule has 0 unspecified atom stereocenters. The molecule has 2 aromatic carbocycles. The maximum Gasteiger partial charge on any atom is 0.261 e. The highest BCUT2D eigenvalue weighted by atomic mass is 35.5. The molecular weight excluding hydrogens is 333 g/mol. The molecule has 0 saturated heterocycles. The zero-order valence-corrected chi connectivity index (χ0v) is 14.8. The van der Waals surface area contributed by atoms with Crippen molar-refractivity contribution < 1.29 is 9.53 Å². The lowest BCUT2D eigenvalue weighted by Crippen LogP contribution is -2.36. The summed E-state index contributed by atoms with van der Waals surface area (Å²) in [6.07, 6.45) is -0.594. The zero-order chi connectivity index (χ0) is 17.0. The van der Waals surface area contributed by atoms with Crippen LogP contribution in [0.5, 0.6) is 5.75 Å². The van der Waals surface area contributed by atoms with E-state index in [0.717, 1.165) is 11.1 Å². The first-order chi connectivity index (χ1) is 10.9. The molecule has 0 aliphatic rings. The topological polar surface area (TPSA) is 38.3 Å². The summed E-state index contributed by atoms with van der Waals surface area (Å²) in [5.74, 6) is 0.481. The quantitative estimate of drug-likeness (QED) is 0.848. The fraction of sp³-hybridized carbons (Fsp3) is 0.278. The van der Waals surface area contributed by atoms with Crippen LogP contribution < -0.4 is 10.1 Å². The summed E-state index contributed by atoms with van der Waals surface area (Å²) in [6.45, 7) is 6.09. The molecule has 23 heavy (non-hydrogen) atoms. The van der Waals surface area contributed by atoms with Crippen LogP contribution in [-0.4, -0.2) is 12.0 Å². The van der Waals surface area contributed by atoms with Crippen LogP contribution in [0.3, 0.4) is 0 Å². The largest absolute Gasteiger partial charge is 0.481 e. The number of aryl methyl sites for hydroxylation is 2. The van der Waals surface area contributed by atoms with E-state index in [4.69, 9.17) is 27.9 Å². The molecule has 0 aliphatic heterocycles. The van der Waals surface area contributed by atoms with Crippen LogP contribution in [0.4, 0.5) is 0 Å². The molecule has 0 radical (unpaired) electrons. The van der Waals surface area contributed by atoms with Crippen LogP contribution in [0.1, 0.15) is 23.6 Å². The van der Waals surface area contributed by atoms with Crippen molar-refractivity contribution in [2.24, 2.45) is 0 Å². The Morgan fingerprint density at radius 1 is 1.13 bits per heavy atom. The molecule has 122 valence electrons. The third-order valence-corrected chi connectivity index (χ3v) is 4.22. The molecule has 1 atom stereocenters. The number of ether oxygens (including phenoxy) is 1. The van der Waals surface area contributed by atoms with Gasteiger partial charge in [-0.15, -0.1) is 0 Å². The number of hydrogen-bond donors (Lipinski definition) is 1. The van der Waals surface area contributed by atoms with Crippen LogP contribution in [0, 0.1) is 13.8 Å². The molecular formula is C18H19Cl2NO2. The SMILES string of the molecule is Cc1ccc(O[C@@H](C)C(=O)NCc2ccc(Cl)cc2Cl)cc1C. The van der Waals surface area contributed by atoms with Gasteiger partial charge in [-0.2, -0.15) is 0 Å². The van der Waals surface area contributed by atoms with Crippen LogP contribution >= 0.6 is 23.2 Å². The number of nitrogens with one attached hydrogen (secondary N) is 1. The third kappa shape index (κ3) is 4.88. The molecule has 2 aromatic rings. The molecule has 1 N–H and O–H groups in total. The lowest BCUT2D eigenvalue weighted by Gasteiger charge is -2.16. The Morgan fingerprint density at radius 3 is 2.52 bits per heavy atom. The number of benzene rings is 2. The predicted octanol–water partition coefficient (Wildman–Crippen LogP) is 4.69. The Morgan fingerprint density at radius 2 is 1.87 bits per heavy atom. The van der Waals surface area contributed by atoms with E-state index in [1.165, 1.54) is 5.56 Å². The minimum Gasteiger partial charge on any atom is -0.481 e. The van der Waals surface area contributed by atoms with E-state index in [2.05, 4.69) is 5.32 Å². The van der Waals surface area contributed by atoms with Crippen molar-refractivity contribution in [2.75, 3.05) is 0 Å². The maximum absolute atomic E-state index is 12.1. The average molecular weight is 352 g/mol. The first kappa shape index (κ1) is 17.6. The fourth-order valence-corrected chi connectivity index (χ4v) is 2.51. The Kier molecular flexibility index (Phi) is 5.91. The summed E-state index contributed by atoms with van der Waals surface area (Å²) in [5, 5.41) is 3.91. The van der Waals surface area contributed by atoms with E-state index in [0.29, 0.717) is 22.3 Å². The number of rotatable bonds is 5. The second-order valence-electron chi connectivity index (χ2n) is 5.46. The van der Waals surface area contributed by atoms with E-state index in [9.17, 15) is 4.79 Å². The van der Waals surface area contributed by atoms with Crippen LogP contribution in [0.25, 0.3) is 0 Å². The zero-order valence-electron chi connectivity index (χ0n) is 13.3. The van der Waals surface area contributed by atoms with Crippen LogP contribution in [-0.2, 0) is 11.3 Å². The molecule has 0 fully saturated rings. The number of carbonyl (C=O) groups excluding carboxylic acids is 1. The number of carbonyl (C=O) groups is 1. The van der Waals surface area contributed by atoms with Gasteiger partial charge in [-0.25, -0.2) is 0 Å². The molecule has 0 aromatic heterocycles. The molecule has 0 bridgehead atoms. The van der Waals surface area contributed by atoms with Gasteiger partial charge in [-0.3, -0.25) is 4.79 Å². The first-order valence-corrected chi connectivity index (χ1v) is 8.08. The lowest BCUT2D eigenvalue weighted by molar-refractivity contribution is -0.127. The second-order valence-corrected chi connectivity index (χ2v) is 6.30. The molecule has 0 heterocycles. The minimum atomic E-state index is -0.594. The van der Waals surface area contributed by atoms with E-state index in [-0.39, 0.29) is 5.91 Å². The monoisotopic (exact) mass is 351 g/mol. The molecule has 1 amide bonds. The van der Waals surface area contributed by atoms with Crippen molar-refractivity contribution in [2.45, 2.75) is 33.4 Å². The minimum absolute atomic E-state index is 0.200.